The Kier molecular flexibility index (Phi) is 16.2. The Bertz CT molecular complexity index is 3030. The van der Waals surface area contributed by atoms with Crippen LogP contribution in [-0.2, 0) is 58.6 Å². The van der Waals surface area contributed by atoms with Gasteiger partial charge >= 0.3 is 17.9 Å². The molecule has 4 heterocycles. The van der Waals surface area contributed by atoms with Crippen molar-refractivity contribution in [2.45, 2.75) is 114 Å². The van der Waals surface area contributed by atoms with Crippen LogP contribution in [0.15, 0.2) is 145 Å². The minimum absolute atomic E-state index is 0.0153. The summed E-state index contributed by atoms with van der Waals surface area (Å²) in [5.41, 5.74) is 11.0. The van der Waals surface area contributed by atoms with Gasteiger partial charge < -0.3 is 37.6 Å². The largest absolute Gasteiger partial charge is 0.463 e. The molecule has 0 N–H and O–H groups in total. The molecule has 4 amide bonds. The molecule has 0 radical (unpaired) electrons. The molecule has 0 aliphatic carbocycles. The van der Waals surface area contributed by atoms with E-state index in [1.165, 1.54) is 24.3 Å². The Morgan fingerprint density at radius 1 is 0.577 bits per heavy atom. The van der Waals surface area contributed by atoms with Crippen LogP contribution < -0.4 is 10.4 Å². The highest BCUT2D eigenvalue weighted by Gasteiger charge is 2.62. The number of hydrogen-bond donors (Lipinski definition) is 0. The normalized spacial score (nSPS) is 24.9. The molecule has 4 aliphatic heterocycles. The number of amides is 4. The molecule has 0 aromatic heterocycles. The van der Waals surface area contributed by atoms with Crippen molar-refractivity contribution < 1.29 is 71.1 Å². The van der Waals surface area contributed by atoms with E-state index < -0.39 is 123 Å². The van der Waals surface area contributed by atoms with Crippen molar-refractivity contribution in [2.24, 2.45) is 5.11 Å². The predicted octanol–water partition coefficient (Wildman–Crippen LogP) is 6.05. The van der Waals surface area contributed by atoms with Gasteiger partial charge in [-0.2, -0.15) is 0 Å². The third-order valence-corrected chi connectivity index (χ3v) is 19.2. The van der Waals surface area contributed by atoms with E-state index in [9.17, 15) is 39.1 Å². The van der Waals surface area contributed by atoms with Crippen molar-refractivity contribution in [3.8, 4) is 0 Å². The first-order chi connectivity index (χ1) is 37.4. The maximum atomic E-state index is 14.8. The highest BCUT2D eigenvalue weighted by atomic mass is 28.4. The van der Waals surface area contributed by atoms with Crippen molar-refractivity contribution >= 4 is 60.2 Å². The molecule has 0 bridgehead atoms. The second kappa shape index (κ2) is 23.0. The summed E-state index contributed by atoms with van der Waals surface area (Å²) in [4.78, 5) is 103. The number of imide groups is 2. The van der Waals surface area contributed by atoms with Gasteiger partial charge in [0.2, 0.25) is 0 Å². The third kappa shape index (κ3) is 10.6. The third-order valence-electron chi connectivity index (χ3n) is 14.2. The number of rotatable bonds is 17. The van der Waals surface area contributed by atoms with E-state index in [2.05, 4.69) is 30.8 Å². The van der Waals surface area contributed by atoms with Gasteiger partial charge in [0, 0.05) is 25.7 Å². The number of esters is 3. The number of hydrogen-bond acceptors (Lipinski definition) is 16. The molecule has 20 nitrogen and oxygen atoms in total. The van der Waals surface area contributed by atoms with Gasteiger partial charge in [0.25, 0.3) is 31.9 Å². The fraction of sp³-hybridized carbons (Fsp3) is 0.351. The van der Waals surface area contributed by atoms with Gasteiger partial charge in [0.05, 0.1) is 35.5 Å². The minimum Gasteiger partial charge on any atom is -0.463 e. The molecule has 21 heteroatoms. The van der Waals surface area contributed by atoms with Crippen LogP contribution in [0.3, 0.4) is 0 Å². The minimum atomic E-state index is -3.51. The van der Waals surface area contributed by atoms with E-state index in [1.54, 1.807) is 54.6 Å². The fourth-order valence-electron chi connectivity index (χ4n) is 10.9. The van der Waals surface area contributed by atoms with E-state index in [1.807, 2.05) is 60.7 Å². The molecule has 0 spiro atoms. The van der Waals surface area contributed by atoms with Gasteiger partial charge in [-0.3, -0.25) is 43.4 Å². The number of carbonyl (C=O) groups is 7. The van der Waals surface area contributed by atoms with Gasteiger partial charge in [-0.15, -0.1) is 0 Å². The van der Waals surface area contributed by atoms with Crippen LogP contribution in [0, 0.1) is 0 Å². The van der Waals surface area contributed by atoms with Crippen molar-refractivity contribution in [1.82, 2.24) is 9.80 Å². The molecular weight excluding hydrogens is 1020 g/mol. The Balaban J connectivity index is 1.26. The first kappa shape index (κ1) is 54.9. The smallest absolute Gasteiger partial charge is 0.303 e. The number of azide groups is 1. The number of fused-ring (bicyclic) bond motifs is 2. The van der Waals surface area contributed by atoms with Gasteiger partial charge in [0.15, 0.2) is 24.7 Å². The molecule has 10 atom stereocenters. The predicted molar refractivity (Wildman–Crippen MR) is 279 cm³/mol. The van der Waals surface area contributed by atoms with Gasteiger partial charge in [-0.1, -0.05) is 141 Å². The van der Waals surface area contributed by atoms with Crippen molar-refractivity contribution in [1.29, 1.82) is 0 Å². The quantitative estimate of drug-likeness (QED) is 0.0196. The summed E-state index contributed by atoms with van der Waals surface area (Å²) in [6, 6.07) is 37.0. The summed E-state index contributed by atoms with van der Waals surface area (Å²) >= 11 is 0. The Hall–Kier alpha value is -7.88. The molecule has 2 saturated heterocycles. The summed E-state index contributed by atoms with van der Waals surface area (Å²) in [6.07, 6.45) is -13.2. The first-order valence-electron chi connectivity index (χ1n) is 25.3. The van der Waals surface area contributed by atoms with Crippen LogP contribution in [0.4, 0.5) is 0 Å². The highest BCUT2D eigenvalue weighted by Crippen LogP contribution is 2.42. The van der Waals surface area contributed by atoms with Crippen LogP contribution in [0.2, 0.25) is 5.04 Å². The summed E-state index contributed by atoms with van der Waals surface area (Å²) < 4.78 is 52.5. The average Bonchev–Trinajstić information content (AvgIpc) is 3.97. The lowest BCUT2D eigenvalue weighted by Gasteiger charge is -2.52. The van der Waals surface area contributed by atoms with E-state index in [0.29, 0.717) is 5.56 Å². The van der Waals surface area contributed by atoms with Crippen LogP contribution >= 0.6 is 0 Å². The number of nitrogens with zero attached hydrogens (tertiary/aromatic N) is 5. The van der Waals surface area contributed by atoms with Gasteiger partial charge in [-0.05, 0) is 50.8 Å². The van der Waals surface area contributed by atoms with E-state index in [-0.39, 0.29) is 35.5 Å². The van der Waals surface area contributed by atoms with Crippen LogP contribution in [0.25, 0.3) is 10.4 Å². The summed E-state index contributed by atoms with van der Waals surface area (Å²) in [7, 11) is -3.51. The molecule has 5 aromatic carbocycles. The van der Waals surface area contributed by atoms with Crippen LogP contribution in [-0.4, -0.2) is 134 Å². The second-order valence-corrected chi connectivity index (χ2v) is 24.4. The average molecular weight is 1080 g/mol. The Morgan fingerprint density at radius 2 is 1.03 bits per heavy atom. The van der Waals surface area contributed by atoms with Crippen molar-refractivity contribution in [3.63, 3.8) is 0 Å². The zero-order chi connectivity index (χ0) is 55.5. The van der Waals surface area contributed by atoms with Crippen molar-refractivity contribution in [2.75, 3.05) is 13.2 Å². The lowest BCUT2D eigenvalue weighted by Crippen LogP contribution is -2.72. The maximum absolute atomic E-state index is 14.8. The zero-order valence-electron chi connectivity index (χ0n) is 43.5. The van der Waals surface area contributed by atoms with Gasteiger partial charge in [0.1, 0.15) is 43.1 Å². The molecule has 4 aliphatic rings. The summed E-state index contributed by atoms with van der Waals surface area (Å²) in [6.45, 7) is 8.24. The monoisotopic (exact) mass is 1080 g/mol. The number of ether oxygens (including phenoxy) is 7. The molecular formula is C57H57N5O15Si. The van der Waals surface area contributed by atoms with Crippen LogP contribution in [0.1, 0.15) is 88.5 Å². The molecule has 9 rings (SSSR count). The SMILES string of the molecule is CC(=O)OC[C@H]1O[C@@H](O[C@H]2[C@H](OCc3ccccc3)[C@@H](N3C(=O)c4ccccc4C3=O)[C@H](N=[N+]=[N-])O[C@@H]2CO[Si](c2ccccc2)(c2ccccc2)C(C)(C)C)[C@H](N2C(=O)c3ccccc3C2=O)[C@@H](OC(C)=O)[C@@H]1OC(C)=O. The molecule has 0 saturated carbocycles. The van der Waals surface area contributed by atoms with Crippen LogP contribution in [0.5, 0.6) is 0 Å². The zero-order valence-corrected chi connectivity index (χ0v) is 44.5. The summed E-state index contributed by atoms with van der Waals surface area (Å²) in [5, 5.41) is 5.22. The van der Waals surface area contributed by atoms with E-state index >= 15 is 0 Å². The number of benzene rings is 5. The topological polar surface area (TPSA) is 249 Å². The lowest BCUT2D eigenvalue weighted by molar-refractivity contribution is -0.327. The maximum Gasteiger partial charge on any atom is 0.303 e. The fourth-order valence-corrected chi connectivity index (χ4v) is 15.5. The molecule has 404 valence electrons. The Morgan fingerprint density at radius 3 is 1.49 bits per heavy atom. The Labute approximate surface area is 450 Å². The second-order valence-electron chi connectivity index (χ2n) is 20.1. The molecule has 2 fully saturated rings. The van der Waals surface area contributed by atoms with Crippen molar-refractivity contribution in [3.05, 3.63) is 178 Å². The van der Waals surface area contributed by atoms with E-state index in [0.717, 1.165) is 40.9 Å². The first-order valence-corrected chi connectivity index (χ1v) is 27.2. The summed E-state index contributed by atoms with van der Waals surface area (Å²) in [5.74, 6) is -5.85. The van der Waals surface area contributed by atoms with Gasteiger partial charge in [-0.25, -0.2) is 0 Å². The molecule has 5 aromatic rings. The highest BCUT2D eigenvalue weighted by molar-refractivity contribution is 6.99. The van der Waals surface area contributed by atoms with E-state index in [4.69, 9.17) is 37.6 Å². The molecule has 78 heavy (non-hydrogen) atoms. The lowest BCUT2D eigenvalue weighted by atomic mass is 9.92. The standard InChI is InChI=1S/C57H57N5O15Si/c1-33(63)70-31-43-48(73-34(2)64)50(74-35(3)65)46(62-54(68)41-28-18-19-29-42(41)55(62)69)56(76-43)77-47-44(32-72-78(57(4,5)6,37-22-12-8-13-23-37)38-24-14-9-15-25-38)75-51(59-60-58)45(49(47)71-30-36-20-10-7-11-21-36)61-52(66)39-26-16-17-27-40(39)53(61)67/h7-29,43-51,56H,30-32H2,1-6H3/t43-,44-,45-,46-,47-,48-,49-,50-,51-,56+/m1/s1. The number of carbonyl (C=O) groups excluding carboxylic acids is 7. The molecule has 0 unspecified atom stereocenters.